The van der Waals surface area contributed by atoms with Crippen LogP contribution in [-0.2, 0) is 4.74 Å². The molecule has 1 unspecified atom stereocenters. The number of nitrogens with zero attached hydrogens (tertiary/aromatic N) is 2. The molecule has 30 heavy (non-hydrogen) atoms. The van der Waals surface area contributed by atoms with Crippen molar-refractivity contribution in [2.24, 2.45) is 10.7 Å². The zero-order chi connectivity index (χ0) is 21.6. The van der Waals surface area contributed by atoms with Crippen LogP contribution >= 0.6 is 0 Å². The molecular formula is C20H22F4N4O2. The van der Waals surface area contributed by atoms with Gasteiger partial charge in [0.2, 0.25) is 0 Å². The third-order valence-corrected chi connectivity index (χ3v) is 4.53. The number of rotatable bonds is 6. The van der Waals surface area contributed by atoms with Crippen LogP contribution in [0.15, 0.2) is 53.5 Å². The van der Waals surface area contributed by atoms with Crippen LogP contribution < -0.4 is 15.8 Å². The van der Waals surface area contributed by atoms with Gasteiger partial charge in [0, 0.05) is 13.1 Å². The van der Waals surface area contributed by atoms with E-state index in [1.165, 1.54) is 30.3 Å². The molecule has 1 saturated heterocycles. The first kappa shape index (κ1) is 21.8. The molecule has 3 N–H and O–H groups in total. The van der Waals surface area contributed by atoms with Crippen molar-refractivity contribution in [2.45, 2.75) is 12.4 Å². The summed E-state index contributed by atoms with van der Waals surface area (Å²) >= 11 is 0. The first-order chi connectivity index (χ1) is 14.3. The Balaban J connectivity index is 1.75. The highest BCUT2D eigenvalue weighted by atomic mass is 19.4. The number of nitrogens with one attached hydrogen (secondary N) is 1. The van der Waals surface area contributed by atoms with Gasteiger partial charge in [-0.2, -0.15) is 0 Å². The van der Waals surface area contributed by atoms with Crippen LogP contribution in [0.5, 0.6) is 5.75 Å². The number of hydrogen-bond donors (Lipinski definition) is 2. The topological polar surface area (TPSA) is 72.1 Å². The molecule has 1 fully saturated rings. The standard InChI is InChI=1S/C20H22F4N4O2/c21-15-5-3-4-14(12-15)17(28-8-10-29-11-9-28)13-26-19(25)27-16-6-1-2-7-18(16)30-20(22,23)24/h1-7,12,17H,8-11,13H2,(H3,25,26,27). The summed E-state index contributed by atoms with van der Waals surface area (Å²) in [5.41, 5.74) is 6.67. The van der Waals surface area contributed by atoms with Crippen LogP contribution in [0, 0.1) is 5.82 Å². The zero-order valence-electron chi connectivity index (χ0n) is 16.0. The summed E-state index contributed by atoms with van der Waals surface area (Å²) in [5, 5.41) is 2.64. The van der Waals surface area contributed by atoms with Crippen LogP contribution in [0.3, 0.4) is 0 Å². The highest BCUT2D eigenvalue weighted by Gasteiger charge is 2.32. The fourth-order valence-electron chi connectivity index (χ4n) is 3.18. The third-order valence-electron chi connectivity index (χ3n) is 4.53. The molecule has 1 aliphatic heterocycles. The van der Waals surface area contributed by atoms with E-state index in [9.17, 15) is 17.6 Å². The molecule has 0 radical (unpaired) electrons. The van der Waals surface area contributed by atoms with Gasteiger partial charge >= 0.3 is 6.36 Å². The summed E-state index contributed by atoms with van der Waals surface area (Å²) in [4.78, 5) is 6.39. The number of morpholine rings is 1. The molecule has 0 saturated carbocycles. The van der Waals surface area contributed by atoms with Gasteiger partial charge in [-0.05, 0) is 29.8 Å². The lowest BCUT2D eigenvalue weighted by Crippen LogP contribution is -2.40. The SMILES string of the molecule is NC(=NCC(c1cccc(F)c1)N1CCOCC1)Nc1ccccc1OC(F)(F)F. The molecule has 0 aliphatic carbocycles. The molecule has 162 valence electrons. The maximum atomic E-state index is 13.7. The molecule has 0 spiro atoms. The number of halogens is 4. The molecule has 6 nitrogen and oxygen atoms in total. The highest BCUT2D eigenvalue weighted by molar-refractivity contribution is 5.93. The fraction of sp³-hybridized carbons (Fsp3) is 0.350. The Morgan fingerprint density at radius 1 is 1.17 bits per heavy atom. The maximum Gasteiger partial charge on any atom is 0.573 e. The average molecular weight is 426 g/mol. The van der Waals surface area contributed by atoms with Crippen LogP contribution in [0.1, 0.15) is 11.6 Å². The first-order valence-electron chi connectivity index (χ1n) is 9.31. The van der Waals surface area contributed by atoms with Gasteiger partial charge in [0.05, 0.1) is 31.5 Å². The van der Waals surface area contributed by atoms with Crippen LogP contribution in [-0.4, -0.2) is 50.1 Å². The van der Waals surface area contributed by atoms with E-state index in [0.717, 1.165) is 5.56 Å². The zero-order valence-corrected chi connectivity index (χ0v) is 16.0. The molecule has 1 heterocycles. The number of benzene rings is 2. The summed E-state index contributed by atoms with van der Waals surface area (Å²) < 4.78 is 60.9. The third kappa shape index (κ3) is 6.33. The van der Waals surface area contributed by atoms with E-state index < -0.39 is 12.1 Å². The largest absolute Gasteiger partial charge is 0.573 e. The normalized spacial score (nSPS) is 16.9. The van der Waals surface area contributed by atoms with Crippen molar-refractivity contribution in [3.05, 3.63) is 59.9 Å². The second kappa shape index (κ2) is 9.77. The lowest BCUT2D eigenvalue weighted by atomic mass is 10.0. The van der Waals surface area contributed by atoms with E-state index in [-0.39, 0.29) is 30.1 Å². The van der Waals surface area contributed by atoms with Gasteiger partial charge in [-0.15, -0.1) is 13.2 Å². The Labute approximate surface area is 171 Å². The van der Waals surface area contributed by atoms with Crippen LogP contribution in [0.2, 0.25) is 0 Å². The molecule has 10 heteroatoms. The number of alkyl halides is 3. The van der Waals surface area contributed by atoms with Gasteiger partial charge in [0.1, 0.15) is 5.82 Å². The lowest BCUT2D eigenvalue weighted by Gasteiger charge is -2.34. The van der Waals surface area contributed by atoms with Gasteiger partial charge in [0.25, 0.3) is 0 Å². The summed E-state index contributed by atoms with van der Waals surface area (Å²) in [6.07, 6.45) is -4.83. The average Bonchev–Trinajstić information content (AvgIpc) is 2.69. The minimum Gasteiger partial charge on any atom is -0.404 e. The molecule has 0 aromatic heterocycles. The smallest absolute Gasteiger partial charge is 0.404 e. The summed E-state index contributed by atoms with van der Waals surface area (Å²) in [6, 6.07) is 11.5. The quantitative estimate of drug-likeness (QED) is 0.420. The Hall–Kier alpha value is -2.85. The van der Waals surface area contributed by atoms with Gasteiger partial charge in [0.15, 0.2) is 11.7 Å². The van der Waals surface area contributed by atoms with Gasteiger partial charge in [-0.3, -0.25) is 9.89 Å². The van der Waals surface area contributed by atoms with Crippen molar-refractivity contribution in [1.82, 2.24) is 4.90 Å². The van der Waals surface area contributed by atoms with Gasteiger partial charge < -0.3 is 20.5 Å². The monoisotopic (exact) mass is 426 g/mol. The Morgan fingerprint density at radius 2 is 1.90 bits per heavy atom. The van der Waals surface area contributed by atoms with Crippen molar-refractivity contribution in [3.8, 4) is 5.75 Å². The molecule has 2 aromatic rings. The first-order valence-corrected chi connectivity index (χ1v) is 9.31. The van der Waals surface area contributed by atoms with Crippen molar-refractivity contribution in [1.29, 1.82) is 0 Å². The number of guanidine groups is 1. The van der Waals surface area contributed by atoms with E-state index in [1.807, 2.05) is 0 Å². The number of anilines is 1. The number of para-hydroxylation sites is 2. The minimum absolute atomic E-state index is 0.0322. The lowest BCUT2D eigenvalue weighted by molar-refractivity contribution is -0.274. The number of nitrogens with two attached hydrogens (primary N) is 1. The summed E-state index contributed by atoms with van der Waals surface area (Å²) in [7, 11) is 0. The Kier molecular flexibility index (Phi) is 7.11. The molecule has 0 bridgehead atoms. The van der Waals surface area contributed by atoms with E-state index in [4.69, 9.17) is 10.5 Å². The van der Waals surface area contributed by atoms with E-state index in [0.29, 0.717) is 26.3 Å². The number of ether oxygens (including phenoxy) is 2. The maximum absolute atomic E-state index is 13.7. The number of aliphatic imine (C=N–C) groups is 1. The van der Waals surface area contributed by atoms with Crippen molar-refractivity contribution >= 4 is 11.6 Å². The van der Waals surface area contributed by atoms with E-state index in [1.54, 1.807) is 18.2 Å². The molecular weight excluding hydrogens is 404 g/mol. The summed E-state index contributed by atoms with van der Waals surface area (Å²) in [6.45, 7) is 2.57. The van der Waals surface area contributed by atoms with Crippen LogP contribution in [0.25, 0.3) is 0 Å². The Bertz CT molecular complexity index is 870. The van der Waals surface area contributed by atoms with Gasteiger partial charge in [-0.1, -0.05) is 24.3 Å². The van der Waals surface area contributed by atoms with Crippen molar-refractivity contribution in [3.63, 3.8) is 0 Å². The highest BCUT2D eigenvalue weighted by Crippen LogP contribution is 2.30. The second-order valence-electron chi connectivity index (χ2n) is 6.61. The van der Waals surface area contributed by atoms with E-state index >= 15 is 0 Å². The predicted octanol–water partition coefficient (Wildman–Crippen LogP) is 3.52. The second-order valence-corrected chi connectivity index (χ2v) is 6.61. The van der Waals surface area contributed by atoms with Crippen LogP contribution in [0.4, 0.5) is 23.2 Å². The fourth-order valence-corrected chi connectivity index (χ4v) is 3.18. The molecule has 1 atom stereocenters. The van der Waals surface area contributed by atoms with Crippen molar-refractivity contribution < 1.29 is 27.0 Å². The van der Waals surface area contributed by atoms with Gasteiger partial charge in [-0.25, -0.2) is 4.39 Å². The Morgan fingerprint density at radius 3 is 2.60 bits per heavy atom. The molecule has 1 aliphatic rings. The molecule has 2 aromatic carbocycles. The molecule has 3 rings (SSSR count). The minimum atomic E-state index is -4.83. The molecule has 0 amide bonds. The van der Waals surface area contributed by atoms with Crippen molar-refractivity contribution in [2.75, 3.05) is 38.2 Å². The van der Waals surface area contributed by atoms with E-state index in [2.05, 4.69) is 19.9 Å². The number of hydrogen-bond acceptors (Lipinski definition) is 4. The summed E-state index contributed by atoms with van der Waals surface area (Å²) in [5.74, 6) is -0.861. The predicted molar refractivity (Wildman–Crippen MR) is 105 cm³/mol.